The zero-order chi connectivity index (χ0) is 19.3. The van der Waals surface area contributed by atoms with E-state index in [1.165, 1.54) is 12.1 Å². The molecule has 0 saturated carbocycles. The lowest BCUT2D eigenvalue weighted by Crippen LogP contribution is -2.48. The Morgan fingerprint density at radius 1 is 0.929 bits per heavy atom. The third-order valence-corrected chi connectivity index (χ3v) is 4.82. The van der Waals surface area contributed by atoms with Crippen molar-refractivity contribution in [3.63, 3.8) is 0 Å². The molecule has 2 aromatic carbocycles. The summed E-state index contributed by atoms with van der Waals surface area (Å²) in [5.41, 5.74) is 1.96. The van der Waals surface area contributed by atoms with Gasteiger partial charge in [-0.2, -0.15) is 0 Å². The van der Waals surface area contributed by atoms with E-state index in [-0.39, 0.29) is 18.5 Å². The van der Waals surface area contributed by atoms with E-state index in [1.807, 2.05) is 35.3 Å². The number of fused-ring (bicyclic) bond motifs is 1. The lowest BCUT2D eigenvalue weighted by molar-refractivity contribution is -0.126. The van der Waals surface area contributed by atoms with Crippen LogP contribution in [0.15, 0.2) is 60.7 Å². The number of benzene rings is 2. The fraction of sp³-hybridized carbons (Fsp3) is 0.227. The van der Waals surface area contributed by atoms with Gasteiger partial charge in [-0.3, -0.25) is 4.79 Å². The number of hydrogen-bond donors (Lipinski definition) is 0. The van der Waals surface area contributed by atoms with Crippen LogP contribution >= 0.6 is 0 Å². The maximum absolute atomic E-state index is 13.0. The number of hydrogen-bond acceptors (Lipinski definition) is 4. The molecule has 144 valence electrons. The van der Waals surface area contributed by atoms with E-state index < -0.39 is 0 Å². The van der Waals surface area contributed by atoms with Gasteiger partial charge < -0.3 is 19.3 Å². The Labute approximate surface area is 163 Å². The molecule has 0 atom stereocenters. The van der Waals surface area contributed by atoms with E-state index in [9.17, 15) is 9.18 Å². The number of piperazine rings is 1. The standard InChI is InChI=1S/C22H21FN2O3/c23-18-6-8-19(9-7-18)24-11-13-25(14-12-24)22(26)4-2-1-3-17-5-10-20-21(15-17)28-16-27-20/h1-10,15H,11-14,16H2/b3-1+,4-2+. The van der Waals surface area contributed by atoms with Gasteiger partial charge in [-0.1, -0.05) is 24.3 Å². The van der Waals surface area contributed by atoms with Crippen molar-refractivity contribution in [1.82, 2.24) is 4.90 Å². The Balaban J connectivity index is 1.27. The van der Waals surface area contributed by atoms with Crippen LogP contribution in [-0.4, -0.2) is 43.8 Å². The van der Waals surface area contributed by atoms with Crippen molar-refractivity contribution < 1.29 is 18.7 Å². The zero-order valence-corrected chi connectivity index (χ0v) is 15.4. The van der Waals surface area contributed by atoms with E-state index in [1.54, 1.807) is 24.3 Å². The highest BCUT2D eigenvalue weighted by Gasteiger charge is 2.19. The largest absolute Gasteiger partial charge is 0.454 e. The molecule has 0 radical (unpaired) electrons. The van der Waals surface area contributed by atoms with Crippen LogP contribution < -0.4 is 14.4 Å². The molecule has 0 aromatic heterocycles. The van der Waals surface area contributed by atoms with E-state index in [0.717, 1.165) is 35.8 Å². The lowest BCUT2D eigenvalue weighted by Gasteiger charge is -2.35. The summed E-state index contributed by atoms with van der Waals surface area (Å²) in [5, 5.41) is 0. The topological polar surface area (TPSA) is 42.0 Å². The van der Waals surface area contributed by atoms with E-state index in [4.69, 9.17) is 9.47 Å². The van der Waals surface area contributed by atoms with Crippen molar-refractivity contribution in [3.05, 3.63) is 72.1 Å². The predicted octanol–water partition coefficient (Wildman–Crippen LogP) is 3.47. The quantitative estimate of drug-likeness (QED) is 0.602. The lowest BCUT2D eigenvalue weighted by atomic mass is 10.2. The van der Waals surface area contributed by atoms with E-state index in [2.05, 4.69) is 4.90 Å². The van der Waals surface area contributed by atoms with Crippen molar-refractivity contribution in [2.45, 2.75) is 0 Å². The summed E-state index contributed by atoms with van der Waals surface area (Å²) in [5.74, 6) is 1.24. The molecule has 0 bridgehead atoms. The molecule has 0 N–H and O–H groups in total. The van der Waals surface area contributed by atoms with Gasteiger partial charge in [0.25, 0.3) is 0 Å². The van der Waals surface area contributed by atoms with Gasteiger partial charge in [0.05, 0.1) is 0 Å². The maximum atomic E-state index is 13.0. The summed E-state index contributed by atoms with van der Waals surface area (Å²) in [7, 11) is 0. The van der Waals surface area contributed by atoms with Crippen molar-refractivity contribution in [3.8, 4) is 11.5 Å². The molecule has 0 aliphatic carbocycles. The Bertz CT molecular complexity index is 900. The highest BCUT2D eigenvalue weighted by atomic mass is 19.1. The van der Waals surface area contributed by atoms with Crippen molar-refractivity contribution in [2.75, 3.05) is 37.9 Å². The molecule has 0 spiro atoms. The van der Waals surface area contributed by atoms with Crippen molar-refractivity contribution >= 4 is 17.7 Å². The molecular formula is C22H21FN2O3. The van der Waals surface area contributed by atoms with Gasteiger partial charge in [-0.15, -0.1) is 0 Å². The van der Waals surface area contributed by atoms with E-state index >= 15 is 0 Å². The molecule has 4 rings (SSSR count). The molecule has 5 nitrogen and oxygen atoms in total. The summed E-state index contributed by atoms with van der Waals surface area (Å²) in [6.07, 6.45) is 7.08. The third-order valence-electron chi connectivity index (χ3n) is 4.82. The van der Waals surface area contributed by atoms with Crippen LogP contribution in [0.25, 0.3) is 6.08 Å². The van der Waals surface area contributed by atoms with Gasteiger partial charge in [0.1, 0.15) is 5.82 Å². The summed E-state index contributed by atoms with van der Waals surface area (Å²) < 4.78 is 23.7. The van der Waals surface area contributed by atoms with Gasteiger partial charge >= 0.3 is 0 Å². The van der Waals surface area contributed by atoms with Gasteiger partial charge in [0.15, 0.2) is 11.5 Å². The Kier molecular flexibility index (Phi) is 5.28. The number of halogens is 1. The minimum Gasteiger partial charge on any atom is -0.454 e. The molecule has 28 heavy (non-hydrogen) atoms. The average Bonchev–Trinajstić information content (AvgIpc) is 3.20. The number of ether oxygens (including phenoxy) is 2. The fourth-order valence-corrected chi connectivity index (χ4v) is 3.26. The predicted molar refractivity (Wildman–Crippen MR) is 106 cm³/mol. The van der Waals surface area contributed by atoms with Crippen LogP contribution in [0.3, 0.4) is 0 Å². The van der Waals surface area contributed by atoms with Crippen LogP contribution in [0.5, 0.6) is 11.5 Å². The first-order chi connectivity index (χ1) is 13.7. The van der Waals surface area contributed by atoms with Crippen LogP contribution in [0.2, 0.25) is 0 Å². The minimum absolute atomic E-state index is 0.00547. The van der Waals surface area contributed by atoms with Crippen molar-refractivity contribution in [2.24, 2.45) is 0 Å². The number of nitrogens with zero attached hydrogens (tertiary/aromatic N) is 2. The minimum atomic E-state index is -0.239. The Morgan fingerprint density at radius 3 is 2.46 bits per heavy atom. The fourth-order valence-electron chi connectivity index (χ4n) is 3.26. The number of anilines is 1. The summed E-state index contributed by atoms with van der Waals surface area (Å²) in [6.45, 7) is 3.01. The maximum Gasteiger partial charge on any atom is 0.246 e. The Morgan fingerprint density at radius 2 is 1.68 bits per heavy atom. The normalized spacial score (nSPS) is 16.3. The summed E-state index contributed by atoms with van der Waals surface area (Å²) in [6, 6.07) is 12.2. The van der Waals surface area contributed by atoms with Crippen LogP contribution in [0, 0.1) is 5.82 Å². The number of carbonyl (C=O) groups is 1. The molecule has 0 unspecified atom stereocenters. The molecule has 2 aliphatic rings. The molecule has 2 aliphatic heterocycles. The van der Waals surface area contributed by atoms with Crippen molar-refractivity contribution in [1.29, 1.82) is 0 Å². The van der Waals surface area contributed by atoms with Gasteiger partial charge in [-0.05, 0) is 42.0 Å². The second-order valence-corrected chi connectivity index (χ2v) is 6.62. The van der Waals surface area contributed by atoms with Gasteiger partial charge in [0, 0.05) is 37.9 Å². The highest BCUT2D eigenvalue weighted by Crippen LogP contribution is 2.32. The second kappa shape index (κ2) is 8.17. The monoisotopic (exact) mass is 380 g/mol. The summed E-state index contributed by atoms with van der Waals surface area (Å²) >= 11 is 0. The molecule has 1 saturated heterocycles. The second-order valence-electron chi connectivity index (χ2n) is 6.62. The molecule has 1 fully saturated rings. The number of carbonyl (C=O) groups excluding carboxylic acids is 1. The smallest absolute Gasteiger partial charge is 0.246 e. The molecular weight excluding hydrogens is 359 g/mol. The highest BCUT2D eigenvalue weighted by molar-refractivity contribution is 5.88. The average molecular weight is 380 g/mol. The third kappa shape index (κ3) is 4.17. The van der Waals surface area contributed by atoms with Gasteiger partial charge in [-0.25, -0.2) is 4.39 Å². The van der Waals surface area contributed by atoms with Crippen LogP contribution in [0.4, 0.5) is 10.1 Å². The number of amides is 1. The van der Waals surface area contributed by atoms with E-state index in [0.29, 0.717) is 13.1 Å². The number of rotatable bonds is 4. The first-order valence-electron chi connectivity index (χ1n) is 9.23. The van der Waals surface area contributed by atoms with Crippen LogP contribution in [-0.2, 0) is 4.79 Å². The first-order valence-corrected chi connectivity index (χ1v) is 9.23. The number of allylic oxidation sites excluding steroid dienone is 2. The molecule has 1 amide bonds. The zero-order valence-electron chi connectivity index (χ0n) is 15.4. The molecule has 6 heteroatoms. The molecule has 2 aromatic rings. The summed E-state index contributed by atoms with van der Waals surface area (Å²) in [4.78, 5) is 16.3. The first kappa shape index (κ1) is 18.1. The molecule has 2 heterocycles. The van der Waals surface area contributed by atoms with Gasteiger partial charge in [0.2, 0.25) is 12.7 Å². The Hall–Kier alpha value is -3.28. The SMILES string of the molecule is O=C(/C=C/C=C/c1ccc2c(c1)OCO2)N1CCN(c2ccc(F)cc2)CC1. The van der Waals surface area contributed by atoms with Crippen LogP contribution in [0.1, 0.15) is 5.56 Å².